The first kappa shape index (κ1) is 21.7. The quantitative estimate of drug-likeness (QED) is 0.435. The highest BCUT2D eigenvalue weighted by molar-refractivity contribution is 5.92. The summed E-state index contributed by atoms with van der Waals surface area (Å²) in [6, 6.07) is 14.5. The van der Waals surface area contributed by atoms with E-state index in [0.717, 1.165) is 16.6 Å². The molecule has 0 aliphatic heterocycles. The molecule has 2 heterocycles. The number of hydrogen-bond acceptors (Lipinski definition) is 6. The Morgan fingerprint density at radius 1 is 1.12 bits per heavy atom. The van der Waals surface area contributed by atoms with E-state index in [4.69, 9.17) is 4.74 Å². The number of aromatic nitrogens is 4. The lowest BCUT2D eigenvalue weighted by molar-refractivity contribution is 0.188. The summed E-state index contributed by atoms with van der Waals surface area (Å²) in [7, 11) is 0. The third-order valence-electron chi connectivity index (χ3n) is 5.28. The Labute approximate surface area is 185 Å². The summed E-state index contributed by atoms with van der Waals surface area (Å²) in [5.74, 6) is 0.488. The van der Waals surface area contributed by atoms with E-state index in [1.807, 2.05) is 51.1 Å². The van der Waals surface area contributed by atoms with E-state index in [1.54, 1.807) is 16.8 Å². The van der Waals surface area contributed by atoms with Crippen LogP contribution in [0.5, 0.6) is 5.75 Å². The van der Waals surface area contributed by atoms with Crippen LogP contribution < -0.4 is 10.1 Å². The fourth-order valence-electron chi connectivity index (χ4n) is 3.77. The molecule has 1 atom stereocenters. The normalized spacial score (nSPS) is 12.2. The number of hydrogen-bond donors (Lipinski definition) is 2. The second kappa shape index (κ2) is 9.32. The molecule has 32 heavy (non-hydrogen) atoms. The van der Waals surface area contributed by atoms with E-state index < -0.39 is 11.9 Å². The molecule has 2 N–H and O–H groups in total. The van der Waals surface area contributed by atoms with Gasteiger partial charge in [-0.05, 0) is 38.5 Å². The van der Waals surface area contributed by atoms with Crippen molar-refractivity contribution < 1.29 is 14.2 Å². The van der Waals surface area contributed by atoms with Crippen molar-refractivity contribution in [3.05, 3.63) is 71.3 Å². The van der Waals surface area contributed by atoms with E-state index in [0.29, 0.717) is 41.5 Å². The van der Waals surface area contributed by atoms with Gasteiger partial charge in [0.25, 0.3) is 0 Å². The molecular formula is C24H26FN5O2. The Bertz CT molecular complexity index is 1230. The number of nitrogens with zero attached hydrogens (tertiary/aromatic N) is 4. The fraction of sp³-hybridized carbons (Fsp3) is 0.292. The van der Waals surface area contributed by atoms with E-state index in [-0.39, 0.29) is 6.54 Å². The van der Waals surface area contributed by atoms with Crippen LogP contribution in [-0.4, -0.2) is 44.3 Å². The highest BCUT2D eigenvalue weighted by atomic mass is 19.1. The smallest absolute Gasteiger partial charge is 0.177 e. The number of fused-ring (bicyclic) bond motifs is 1. The molecule has 7 nitrogen and oxygen atoms in total. The number of aliphatic hydroxyl groups is 1. The SMILES string of the molecule is CCOc1ccc(-n2nc3c(NCC(O)Cc4ccccc4)nnc(C)c3c2C)c(F)c1. The maximum Gasteiger partial charge on any atom is 0.177 e. The zero-order valence-corrected chi connectivity index (χ0v) is 18.3. The minimum Gasteiger partial charge on any atom is -0.494 e. The molecule has 0 fully saturated rings. The number of anilines is 1. The molecule has 0 saturated heterocycles. The molecular weight excluding hydrogens is 409 g/mol. The minimum atomic E-state index is -0.609. The van der Waals surface area contributed by atoms with Crippen LogP contribution in [0.4, 0.5) is 10.2 Å². The van der Waals surface area contributed by atoms with E-state index >= 15 is 0 Å². The number of aliphatic hydroxyl groups excluding tert-OH is 1. The summed E-state index contributed by atoms with van der Waals surface area (Å²) < 4.78 is 21.7. The minimum absolute atomic E-state index is 0.283. The molecule has 0 aliphatic carbocycles. The molecule has 0 aliphatic rings. The number of halogens is 1. The lowest BCUT2D eigenvalue weighted by Crippen LogP contribution is -2.22. The van der Waals surface area contributed by atoms with E-state index in [1.165, 1.54) is 6.07 Å². The molecule has 0 amide bonds. The predicted molar refractivity (Wildman–Crippen MR) is 122 cm³/mol. The Morgan fingerprint density at radius 2 is 1.91 bits per heavy atom. The van der Waals surface area contributed by atoms with Crippen LogP contribution >= 0.6 is 0 Å². The predicted octanol–water partition coefficient (Wildman–Crippen LogP) is 3.99. The summed E-state index contributed by atoms with van der Waals surface area (Å²) >= 11 is 0. The first-order chi connectivity index (χ1) is 15.5. The summed E-state index contributed by atoms with van der Waals surface area (Å²) in [6.45, 7) is 6.31. The van der Waals surface area contributed by atoms with Crippen molar-refractivity contribution in [3.63, 3.8) is 0 Å². The van der Waals surface area contributed by atoms with Gasteiger partial charge in [0.1, 0.15) is 17.0 Å². The van der Waals surface area contributed by atoms with Gasteiger partial charge >= 0.3 is 0 Å². The van der Waals surface area contributed by atoms with Gasteiger partial charge in [0, 0.05) is 19.0 Å². The second-order valence-corrected chi connectivity index (χ2v) is 7.63. The van der Waals surface area contributed by atoms with Gasteiger partial charge in [-0.25, -0.2) is 9.07 Å². The topological polar surface area (TPSA) is 85.1 Å². The second-order valence-electron chi connectivity index (χ2n) is 7.63. The molecule has 0 bridgehead atoms. The fourth-order valence-corrected chi connectivity index (χ4v) is 3.77. The van der Waals surface area contributed by atoms with Crippen molar-refractivity contribution >= 4 is 16.7 Å². The Hall–Kier alpha value is -3.52. The third-order valence-corrected chi connectivity index (χ3v) is 5.28. The summed E-state index contributed by atoms with van der Waals surface area (Å²) in [5, 5.41) is 27.5. The highest BCUT2D eigenvalue weighted by Crippen LogP contribution is 2.29. The number of nitrogens with one attached hydrogen (secondary N) is 1. The highest BCUT2D eigenvalue weighted by Gasteiger charge is 2.19. The average Bonchev–Trinajstić information content (AvgIpc) is 3.12. The van der Waals surface area contributed by atoms with Gasteiger partial charge in [0.15, 0.2) is 11.6 Å². The van der Waals surface area contributed by atoms with Crippen LogP contribution in [0.2, 0.25) is 0 Å². The van der Waals surface area contributed by atoms with Crippen LogP contribution in [0.1, 0.15) is 23.9 Å². The third kappa shape index (κ3) is 4.40. The Balaban J connectivity index is 1.62. The molecule has 0 radical (unpaired) electrons. The van der Waals surface area contributed by atoms with Crippen molar-refractivity contribution in [2.24, 2.45) is 0 Å². The van der Waals surface area contributed by atoms with Crippen LogP contribution in [0, 0.1) is 19.7 Å². The molecule has 166 valence electrons. The zero-order valence-electron chi connectivity index (χ0n) is 18.3. The van der Waals surface area contributed by atoms with Crippen molar-refractivity contribution in [2.45, 2.75) is 33.3 Å². The maximum atomic E-state index is 14.8. The summed E-state index contributed by atoms with van der Waals surface area (Å²) in [4.78, 5) is 0. The molecule has 4 rings (SSSR count). The monoisotopic (exact) mass is 435 g/mol. The van der Waals surface area contributed by atoms with Gasteiger partial charge in [-0.1, -0.05) is 30.3 Å². The van der Waals surface area contributed by atoms with Gasteiger partial charge in [-0.3, -0.25) is 0 Å². The Morgan fingerprint density at radius 3 is 2.62 bits per heavy atom. The van der Waals surface area contributed by atoms with Gasteiger partial charge in [0.05, 0.1) is 29.5 Å². The maximum absolute atomic E-state index is 14.8. The lowest BCUT2D eigenvalue weighted by Gasteiger charge is -2.12. The summed E-state index contributed by atoms with van der Waals surface area (Å²) in [5.41, 5.74) is 3.40. The summed E-state index contributed by atoms with van der Waals surface area (Å²) in [6.07, 6.45) is -0.0940. The average molecular weight is 436 g/mol. The zero-order chi connectivity index (χ0) is 22.7. The van der Waals surface area contributed by atoms with E-state index in [2.05, 4.69) is 20.6 Å². The van der Waals surface area contributed by atoms with Gasteiger partial charge in [-0.2, -0.15) is 10.2 Å². The lowest BCUT2D eigenvalue weighted by atomic mass is 10.1. The van der Waals surface area contributed by atoms with Crippen LogP contribution in [0.3, 0.4) is 0 Å². The van der Waals surface area contributed by atoms with Crippen molar-refractivity contribution in [3.8, 4) is 11.4 Å². The number of benzene rings is 2. The Kier molecular flexibility index (Phi) is 6.32. The first-order valence-corrected chi connectivity index (χ1v) is 10.6. The number of rotatable bonds is 8. The molecule has 2 aromatic carbocycles. The van der Waals surface area contributed by atoms with Crippen LogP contribution in [0.15, 0.2) is 48.5 Å². The molecule has 0 saturated carbocycles. The molecule has 8 heteroatoms. The number of aryl methyl sites for hydroxylation is 2. The van der Waals surface area contributed by atoms with Crippen molar-refractivity contribution in [1.29, 1.82) is 0 Å². The van der Waals surface area contributed by atoms with Gasteiger partial charge < -0.3 is 15.2 Å². The van der Waals surface area contributed by atoms with Crippen LogP contribution in [-0.2, 0) is 6.42 Å². The largest absolute Gasteiger partial charge is 0.494 e. The number of ether oxygens (including phenoxy) is 1. The van der Waals surface area contributed by atoms with Crippen molar-refractivity contribution in [2.75, 3.05) is 18.5 Å². The van der Waals surface area contributed by atoms with Gasteiger partial charge in [-0.15, -0.1) is 5.10 Å². The standard InChI is InChI=1S/C24H26FN5O2/c1-4-32-19-10-11-21(20(25)13-19)30-16(3)22-15(2)27-28-24(23(22)29-30)26-14-18(31)12-17-8-6-5-7-9-17/h5-11,13,18,31H,4,12,14H2,1-3H3,(H,26,28). The molecule has 0 spiro atoms. The van der Waals surface area contributed by atoms with Crippen LogP contribution in [0.25, 0.3) is 16.6 Å². The molecule has 4 aromatic rings. The molecule has 2 aromatic heterocycles. The first-order valence-electron chi connectivity index (χ1n) is 10.6. The van der Waals surface area contributed by atoms with E-state index in [9.17, 15) is 9.50 Å². The van der Waals surface area contributed by atoms with Gasteiger partial charge in [0.2, 0.25) is 0 Å². The molecule has 1 unspecified atom stereocenters. The van der Waals surface area contributed by atoms with Crippen molar-refractivity contribution in [1.82, 2.24) is 20.0 Å².